The number of rotatable bonds is 2. The lowest BCUT2D eigenvalue weighted by atomic mass is 9.92. The standard InChI is InChI=1S/C20H24N2O2/c1-14-11-17-12-18(21-3)9-10-19(17)20(16-7-5-4-6-8-16)24-13-22(14)15(2)23/h4-10,12,14,20-21H,11,13H2,1-3H3. The van der Waals surface area contributed by atoms with Crippen LogP contribution in [0.1, 0.15) is 36.6 Å². The van der Waals surface area contributed by atoms with Gasteiger partial charge in [0.25, 0.3) is 0 Å². The smallest absolute Gasteiger partial charge is 0.221 e. The second-order valence-corrected chi connectivity index (χ2v) is 6.29. The molecule has 0 radical (unpaired) electrons. The highest BCUT2D eigenvalue weighted by Gasteiger charge is 2.27. The van der Waals surface area contributed by atoms with E-state index in [1.807, 2.05) is 25.2 Å². The Balaban J connectivity index is 2.07. The number of hydrogen-bond acceptors (Lipinski definition) is 3. The van der Waals surface area contributed by atoms with E-state index in [1.165, 1.54) is 11.1 Å². The summed E-state index contributed by atoms with van der Waals surface area (Å²) in [7, 11) is 1.92. The molecule has 1 amide bonds. The zero-order valence-electron chi connectivity index (χ0n) is 14.5. The molecule has 1 aliphatic heterocycles. The zero-order valence-corrected chi connectivity index (χ0v) is 14.5. The Morgan fingerprint density at radius 1 is 1.21 bits per heavy atom. The Kier molecular flexibility index (Phi) is 4.86. The molecule has 0 saturated heterocycles. The SMILES string of the molecule is CNc1ccc2c(c1)CC(C)N(C(C)=O)COC2c1ccccc1. The van der Waals surface area contributed by atoms with Crippen molar-refractivity contribution in [2.45, 2.75) is 32.4 Å². The summed E-state index contributed by atoms with van der Waals surface area (Å²) in [4.78, 5) is 13.8. The first-order chi connectivity index (χ1) is 11.6. The summed E-state index contributed by atoms with van der Waals surface area (Å²) in [5.41, 5.74) is 4.57. The van der Waals surface area contributed by atoms with Crippen LogP contribution in [-0.2, 0) is 16.0 Å². The van der Waals surface area contributed by atoms with Crippen molar-refractivity contribution in [3.63, 3.8) is 0 Å². The fourth-order valence-corrected chi connectivity index (χ4v) is 3.30. The third-order valence-electron chi connectivity index (χ3n) is 4.65. The topological polar surface area (TPSA) is 41.6 Å². The summed E-state index contributed by atoms with van der Waals surface area (Å²) in [5.74, 6) is 0.0440. The van der Waals surface area contributed by atoms with Crippen molar-refractivity contribution in [1.82, 2.24) is 4.90 Å². The summed E-state index contributed by atoms with van der Waals surface area (Å²) in [6.45, 7) is 3.98. The number of carbonyl (C=O) groups is 1. The van der Waals surface area contributed by atoms with E-state index in [0.717, 1.165) is 17.7 Å². The maximum atomic E-state index is 12.0. The largest absolute Gasteiger partial charge is 0.388 e. The van der Waals surface area contributed by atoms with Gasteiger partial charge < -0.3 is 15.0 Å². The summed E-state index contributed by atoms with van der Waals surface area (Å²) in [5, 5.41) is 3.20. The van der Waals surface area contributed by atoms with E-state index in [2.05, 4.69) is 42.6 Å². The number of nitrogens with one attached hydrogen (secondary N) is 1. The van der Waals surface area contributed by atoms with Crippen LogP contribution in [0.15, 0.2) is 48.5 Å². The number of ether oxygens (including phenoxy) is 1. The van der Waals surface area contributed by atoms with Crippen LogP contribution in [0.3, 0.4) is 0 Å². The van der Waals surface area contributed by atoms with Crippen LogP contribution >= 0.6 is 0 Å². The van der Waals surface area contributed by atoms with Gasteiger partial charge in [-0.3, -0.25) is 4.79 Å². The first-order valence-electron chi connectivity index (χ1n) is 8.34. The third kappa shape index (κ3) is 3.29. The summed E-state index contributed by atoms with van der Waals surface area (Å²) >= 11 is 0. The van der Waals surface area contributed by atoms with Crippen LogP contribution in [0, 0.1) is 0 Å². The van der Waals surface area contributed by atoms with Crippen molar-refractivity contribution in [2.24, 2.45) is 0 Å². The average Bonchev–Trinajstić information content (AvgIpc) is 2.58. The molecular formula is C20H24N2O2. The van der Waals surface area contributed by atoms with Crippen LogP contribution in [0.5, 0.6) is 0 Å². The minimum Gasteiger partial charge on any atom is -0.388 e. The quantitative estimate of drug-likeness (QED) is 0.918. The third-order valence-corrected chi connectivity index (χ3v) is 4.65. The second-order valence-electron chi connectivity index (χ2n) is 6.29. The molecule has 0 saturated carbocycles. The van der Waals surface area contributed by atoms with E-state index in [4.69, 9.17) is 4.74 Å². The highest BCUT2D eigenvalue weighted by atomic mass is 16.5. The highest BCUT2D eigenvalue weighted by molar-refractivity contribution is 5.73. The molecular weight excluding hydrogens is 300 g/mol. The second kappa shape index (κ2) is 7.05. The molecule has 0 fully saturated rings. The minimum atomic E-state index is -0.165. The first-order valence-corrected chi connectivity index (χ1v) is 8.34. The molecule has 3 rings (SSSR count). The summed E-state index contributed by atoms with van der Waals surface area (Å²) < 4.78 is 6.20. The number of hydrogen-bond donors (Lipinski definition) is 1. The Labute approximate surface area is 143 Å². The Morgan fingerprint density at radius 3 is 2.62 bits per heavy atom. The lowest BCUT2D eigenvalue weighted by molar-refractivity contribution is -0.139. The lowest BCUT2D eigenvalue weighted by Gasteiger charge is -2.34. The van der Waals surface area contributed by atoms with Gasteiger partial charge in [0, 0.05) is 25.7 Å². The van der Waals surface area contributed by atoms with E-state index in [1.54, 1.807) is 11.8 Å². The molecule has 0 aromatic heterocycles. The van der Waals surface area contributed by atoms with Gasteiger partial charge in [-0.15, -0.1) is 0 Å². The molecule has 2 unspecified atom stereocenters. The van der Waals surface area contributed by atoms with Crippen LogP contribution in [0.25, 0.3) is 0 Å². The van der Waals surface area contributed by atoms with E-state index in [-0.39, 0.29) is 18.1 Å². The van der Waals surface area contributed by atoms with Crippen LogP contribution in [-0.4, -0.2) is 30.6 Å². The lowest BCUT2D eigenvalue weighted by Crippen LogP contribution is -2.42. The van der Waals surface area contributed by atoms with Gasteiger partial charge in [0.15, 0.2) is 0 Å². The maximum absolute atomic E-state index is 12.0. The van der Waals surface area contributed by atoms with Crippen molar-refractivity contribution in [2.75, 3.05) is 19.1 Å². The average molecular weight is 324 g/mol. The summed E-state index contributed by atoms with van der Waals surface area (Å²) in [6.07, 6.45) is 0.651. The van der Waals surface area contributed by atoms with Crippen molar-refractivity contribution < 1.29 is 9.53 Å². The van der Waals surface area contributed by atoms with Crippen molar-refractivity contribution in [1.29, 1.82) is 0 Å². The number of carbonyl (C=O) groups excluding carboxylic acids is 1. The predicted molar refractivity (Wildman–Crippen MR) is 95.9 cm³/mol. The van der Waals surface area contributed by atoms with Gasteiger partial charge in [-0.05, 0) is 42.2 Å². The number of amides is 1. The number of benzene rings is 2. The van der Waals surface area contributed by atoms with Gasteiger partial charge in [0.2, 0.25) is 5.91 Å². The number of nitrogens with zero attached hydrogens (tertiary/aromatic N) is 1. The van der Waals surface area contributed by atoms with Gasteiger partial charge in [-0.2, -0.15) is 0 Å². The molecule has 0 aliphatic carbocycles. The van der Waals surface area contributed by atoms with Gasteiger partial charge in [-0.25, -0.2) is 0 Å². The molecule has 2 aromatic rings. The molecule has 0 spiro atoms. The van der Waals surface area contributed by atoms with Crippen LogP contribution in [0.2, 0.25) is 0 Å². The fraction of sp³-hybridized carbons (Fsp3) is 0.350. The Hall–Kier alpha value is -2.33. The number of fused-ring (bicyclic) bond motifs is 1. The molecule has 24 heavy (non-hydrogen) atoms. The van der Waals surface area contributed by atoms with E-state index in [0.29, 0.717) is 6.73 Å². The van der Waals surface area contributed by atoms with E-state index in [9.17, 15) is 4.79 Å². The normalized spacial score (nSPS) is 20.7. The first kappa shape index (κ1) is 16.5. The van der Waals surface area contributed by atoms with Crippen molar-refractivity contribution >= 4 is 11.6 Å². The molecule has 1 heterocycles. The Morgan fingerprint density at radius 2 is 1.96 bits per heavy atom. The maximum Gasteiger partial charge on any atom is 0.221 e. The van der Waals surface area contributed by atoms with Crippen LogP contribution in [0.4, 0.5) is 5.69 Å². The molecule has 4 heteroatoms. The van der Waals surface area contributed by atoms with E-state index >= 15 is 0 Å². The molecule has 1 aliphatic rings. The molecule has 126 valence electrons. The predicted octanol–water partition coefficient (Wildman–Crippen LogP) is 3.58. The molecule has 2 aromatic carbocycles. The summed E-state index contributed by atoms with van der Waals surface area (Å²) in [6, 6.07) is 16.7. The Bertz CT molecular complexity index is 715. The number of anilines is 1. The zero-order chi connectivity index (χ0) is 17.1. The van der Waals surface area contributed by atoms with Gasteiger partial charge in [0.05, 0.1) is 0 Å². The van der Waals surface area contributed by atoms with Gasteiger partial charge in [-0.1, -0.05) is 36.4 Å². The monoisotopic (exact) mass is 324 g/mol. The van der Waals surface area contributed by atoms with Gasteiger partial charge in [0.1, 0.15) is 12.8 Å². The van der Waals surface area contributed by atoms with E-state index < -0.39 is 0 Å². The van der Waals surface area contributed by atoms with Crippen molar-refractivity contribution in [3.8, 4) is 0 Å². The van der Waals surface area contributed by atoms with Crippen LogP contribution < -0.4 is 5.32 Å². The highest BCUT2D eigenvalue weighted by Crippen LogP contribution is 2.33. The molecule has 1 N–H and O–H groups in total. The molecule has 2 atom stereocenters. The minimum absolute atomic E-state index is 0.0440. The molecule has 4 nitrogen and oxygen atoms in total. The molecule has 0 bridgehead atoms. The van der Waals surface area contributed by atoms with Crippen molar-refractivity contribution in [3.05, 3.63) is 65.2 Å². The van der Waals surface area contributed by atoms with Gasteiger partial charge >= 0.3 is 0 Å². The fourth-order valence-electron chi connectivity index (χ4n) is 3.30.